The molecular weight excluding hydrogens is 232 g/mol. The maximum absolute atomic E-state index is 8.73. The summed E-state index contributed by atoms with van der Waals surface area (Å²) < 4.78 is 10.6. The van der Waals surface area contributed by atoms with Crippen molar-refractivity contribution in [3.8, 4) is 23.6 Å². The average Bonchev–Trinajstić information content (AvgIpc) is 2.39. The van der Waals surface area contributed by atoms with Crippen molar-refractivity contribution in [3.05, 3.63) is 36.2 Å². The van der Waals surface area contributed by atoms with Gasteiger partial charge in [-0.05, 0) is 18.2 Å². The Kier molecular flexibility index (Phi) is 3.25. The lowest BCUT2D eigenvalue weighted by Crippen LogP contribution is -1.96. The maximum Gasteiger partial charge on any atom is 0.323 e. The Labute approximate surface area is 104 Å². The smallest absolute Gasteiger partial charge is 0.323 e. The Morgan fingerprint density at radius 2 is 2.11 bits per heavy atom. The Balaban J connectivity index is 2.33. The average molecular weight is 242 g/mol. The van der Waals surface area contributed by atoms with Crippen LogP contribution in [0.5, 0.6) is 17.5 Å². The van der Waals surface area contributed by atoms with Crippen LogP contribution in [0.4, 0.5) is 5.69 Å². The molecule has 2 N–H and O–H groups in total. The molecule has 18 heavy (non-hydrogen) atoms. The molecule has 0 unspecified atom stereocenters. The zero-order valence-electron chi connectivity index (χ0n) is 9.62. The van der Waals surface area contributed by atoms with Crippen LogP contribution >= 0.6 is 0 Å². The van der Waals surface area contributed by atoms with Gasteiger partial charge in [-0.2, -0.15) is 10.2 Å². The first-order valence-electron chi connectivity index (χ1n) is 5.07. The van der Waals surface area contributed by atoms with Gasteiger partial charge in [0.15, 0.2) is 11.5 Å². The van der Waals surface area contributed by atoms with Crippen molar-refractivity contribution in [2.45, 2.75) is 0 Å². The Hall–Kier alpha value is -2.81. The van der Waals surface area contributed by atoms with E-state index in [-0.39, 0.29) is 11.7 Å². The van der Waals surface area contributed by atoms with Crippen molar-refractivity contribution in [1.82, 2.24) is 9.97 Å². The van der Waals surface area contributed by atoms with E-state index in [9.17, 15) is 0 Å². The molecule has 1 heterocycles. The van der Waals surface area contributed by atoms with Crippen molar-refractivity contribution >= 4 is 5.69 Å². The fourth-order valence-electron chi connectivity index (χ4n) is 1.32. The first-order valence-corrected chi connectivity index (χ1v) is 5.07. The molecule has 0 bridgehead atoms. The van der Waals surface area contributed by atoms with Crippen molar-refractivity contribution < 1.29 is 9.47 Å². The predicted molar refractivity (Wildman–Crippen MR) is 64.2 cm³/mol. The van der Waals surface area contributed by atoms with Gasteiger partial charge >= 0.3 is 6.01 Å². The van der Waals surface area contributed by atoms with Gasteiger partial charge in [0.25, 0.3) is 0 Å². The van der Waals surface area contributed by atoms with Gasteiger partial charge < -0.3 is 15.2 Å². The van der Waals surface area contributed by atoms with Gasteiger partial charge in [0.1, 0.15) is 11.8 Å². The van der Waals surface area contributed by atoms with Gasteiger partial charge in [-0.25, -0.2) is 4.98 Å². The Morgan fingerprint density at radius 1 is 1.28 bits per heavy atom. The fourth-order valence-corrected chi connectivity index (χ4v) is 1.32. The number of ether oxygens (including phenoxy) is 2. The number of rotatable bonds is 3. The Morgan fingerprint density at radius 3 is 2.83 bits per heavy atom. The first-order chi connectivity index (χ1) is 8.72. The van der Waals surface area contributed by atoms with Gasteiger partial charge in [0, 0.05) is 18.0 Å². The fraction of sp³-hybridized carbons (Fsp3) is 0.0833. The van der Waals surface area contributed by atoms with Crippen LogP contribution in [0.2, 0.25) is 0 Å². The second-order valence-corrected chi connectivity index (χ2v) is 3.35. The zero-order valence-corrected chi connectivity index (χ0v) is 9.62. The molecule has 0 aliphatic carbocycles. The lowest BCUT2D eigenvalue weighted by molar-refractivity contribution is 0.368. The molecule has 0 saturated heterocycles. The first kappa shape index (κ1) is 11.7. The molecule has 0 atom stereocenters. The van der Waals surface area contributed by atoms with E-state index < -0.39 is 0 Å². The molecule has 0 aliphatic rings. The summed E-state index contributed by atoms with van der Waals surface area (Å²) in [6.45, 7) is 0. The molecule has 2 rings (SSSR count). The second-order valence-electron chi connectivity index (χ2n) is 3.35. The van der Waals surface area contributed by atoms with Crippen LogP contribution in [0.3, 0.4) is 0 Å². The van der Waals surface area contributed by atoms with Gasteiger partial charge in [-0.3, -0.25) is 0 Å². The Bertz CT molecular complexity index is 607. The van der Waals surface area contributed by atoms with E-state index in [1.54, 1.807) is 18.2 Å². The molecule has 2 aromatic rings. The number of nitrogens with zero attached hydrogens (tertiary/aromatic N) is 3. The third-order valence-electron chi connectivity index (χ3n) is 2.14. The van der Waals surface area contributed by atoms with E-state index in [0.717, 1.165) is 0 Å². The van der Waals surface area contributed by atoms with Crippen LogP contribution in [-0.4, -0.2) is 17.1 Å². The van der Waals surface area contributed by atoms with Crippen molar-refractivity contribution in [2.75, 3.05) is 12.8 Å². The highest BCUT2D eigenvalue weighted by Crippen LogP contribution is 2.31. The van der Waals surface area contributed by atoms with Crippen LogP contribution < -0.4 is 15.2 Å². The zero-order chi connectivity index (χ0) is 13.0. The van der Waals surface area contributed by atoms with Gasteiger partial charge in [0.2, 0.25) is 0 Å². The quantitative estimate of drug-likeness (QED) is 0.823. The minimum absolute atomic E-state index is 0.0675. The van der Waals surface area contributed by atoms with Crippen molar-refractivity contribution in [2.24, 2.45) is 0 Å². The molecule has 6 heteroatoms. The molecule has 0 amide bonds. The molecule has 1 aromatic heterocycles. The standard InChI is InChI=1S/C12H10N4O2/c1-17-10-3-2-8(14)6-11(10)18-12-15-5-4-9(7-13)16-12/h2-6H,14H2,1H3. The summed E-state index contributed by atoms with van der Waals surface area (Å²) in [6.07, 6.45) is 1.44. The molecule has 0 saturated carbocycles. The summed E-state index contributed by atoms with van der Waals surface area (Å²) in [5.41, 5.74) is 6.42. The van der Waals surface area contributed by atoms with Crippen molar-refractivity contribution in [1.29, 1.82) is 5.26 Å². The number of nitrogens with two attached hydrogens (primary N) is 1. The summed E-state index contributed by atoms with van der Waals surface area (Å²) >= 11 is 0. The summed E-state index contributed by atoms with van der Waals surface area (Å²) in [7, 11) is 1.52. The molecule has 1 aromatic carbocycles. The van der Waals surface area contributed by atoms with Crippen molar-refractivity contribution in [3.63, 3.8) is 0 Å². The monoisotopic (exact) mass is 242 g/mol. The number of benzene rings is 1. The van der Waals surface area contributed by atoms with E-state index in [4.69, 9.17) is 20.5 Å². The van der Waals surface area contributed by atoms with E-state index in [2.05, 4.69) is 9.97 Å². The van der Waals surface area contributed by atoms with Crippen LogP contribution in [-0.2, 0) is 0 Å². The molecule has 90 valence electrons. The number of aromatic nitrogens is 2. The third kappa shape index (κ3) is 2.47. The van der Waals surface area contributed by atoms with Crippen LogP contribution in [0.1, 0.15) is 5.69 Å². The highest BCUT2D eigenvalue weighted by Gasteiger charge is 2.08. The van der Waals surface area contributed by atoms with E-state index in [1.807, 2.05) is 6.07 Å². The summed E-state index contributed by atoms with van der Waals surface area (Å²) in [6, 6.07) is 8.43. The third-order valence-corrected chi connectivity index (χ3v) is 2.14. The number of anilines is 1. The SMILES string of the molecule is COc1ccc(N)cc1Oc1nccc(C#N)n1. The van der Waals surface area contributed by atoms with E-state index >= 15 is 0 Å². The molecular formula is C12H10N4O2. The van der Waals surface area contributed by atoms with E-state index in [0.29, 0.717) is 17.2 Å². The molecule has 0 fully saturated rings. The topological polar surface area (TPSA) is 94.0 Å². The number of nitrogen functional groups attached to an aromatic ring is 1. The van der Waals surface area contributed by atoms with E-state index in [1.165, 1.54) is 19.4 Å². The van der Waals surface area contributed by atoms with Gasteiger partial charge in [-0.1, -0.05) is 0 Å². The lowest BCUT2D eigenvalue weighted by atomic mass is 10.3. The van der Waals surface area contributed by atoms with Crippen LogP contribution in [0, 0.1) is 11.3 Å². The minimum atomic E-state index is 0.0675. The summed E-state index contributed by atoms with van der Waals surface area (Å²) in [5, 5.41) is 8.73. The van der Waals surface area contributed by atoms with Crippen LogP contribution in [0.25, 0.3) is 0 Å². The lowest BCUT2D eigenvalue weighted by Gasteiger charge is -2.09. The molecule has 6 nitrogen and oxygen atoms in total. The van der Waals surface area contributed by atoms with Gasteiger partial charge in [0.05, 0.1) is 7.11 Å². The van der Waals surface area contributed by atoms with Gasteiger partial charge in [-0.15, -0.1) is 0 Å². The normalized spacial score (nSPS) is 9.56. The minimum Gasteiger partial charge on any atom is -0.493 e. The maximum atomic E-state index is 8.73. The largest absolute Gasteiger partial charge is 0.493 e. The highest BCUT2D eigenvalue weighted by molar-refractivity contribution is 5.52. The predicted octanol–water partition coefficient (Wildman–Crippen LogP) is 1.73. The van der Waals surface area contributed by atoms with Crippen LogP contribution in [0.15, 0.2) is 30.5 Å². The number of nitriles is 1. The molecule has 0 spiro atoms. The number of hydrogen-bond donors (Lipinski definition) is 1. The molecule has 0 radical (unpaired) electrons. The highest BCUT2D eigenvalue weighted by atomic mass is 16.5. The summed E-state index contributed by atoms with van der Waals surface area (Å²) in [5.74, 6) is 0.905. The summed E-state index contributed by atoms with van der Waals surface area (Å²) in [4.78, 5) is 7.81. The second kappa shape index (κ2) is 5.01. The number of hydrogen-bond acceptors (Lipinski definition) is 6. The number of methoxy groups -OCH3 is 1. The molecule has 0 aliphatic heterocycles.